The van der Waals surface area contributed by atoms with Crippen LogP contribution in [0.15, 0.2) is 59.4 Å². The number of halogens is 1. The fourth-order valence-corrected chi connectivity index (χ4v) is 4.11. The molecule has 7 heteroatoms. The molecular formula is C23H24FN3O3. The zero-order valence-electron chi connectivity index (χ0n) is 17.0. The van der Waals surface area contributed by atoms with Crippen molar-refractivity contribution in [2.75, 3.05) is 11.9 Å². The SMILES string of the molecule is Cc1nn(C)c(=O)cc1OC[C@@]1(C2C=CC=CC2)C[C@H]1C(=O)Nc1ccc(F)cc1. The lowest BCUT2D eigenvalue weighted by atomic mass is 9.82. The second-order valence-electron chi connectivity index (χ2n) is 7.99. The van der Waals surface area contributed by atoms with Crippen molar-refractivity contribution in [2.45, 2.75) is 19.8 Å². The van der Waals surface area contributed by atoms with Gasteiger partial charge >= 0.3 is 0 Å². The normalized spacial score (nSPS) is 24.5. The van der Waals surface area contributed by atoms with Crippen LogP contribution in [0.5, 0.6) is 5.75 Å². The van der Waals surface area contributed by atoms with Gasteiger partial charge in [-0.05, 0) is 49.9 Å². The lowest BCUT2D eigenvalue weighted by Gasteiger charge is -2.26. The molecule has 1 saturated carbocycles. The number of nitrogens with one attached hydrogen (secondary N) is 1. The van der Waals surface area contributed by atoms with Gasteiger partial charge in [0.05, 0.1) is 6.61 Å². The van der Waals surface area contributed by atoms with Crippen LogP contribution in [0.3, 0.4) is 0 Å². The minimum absolute atomic E-state index is 0.105. The van der Waals surface area contributed by atoms with Gasteiger partial charge in [-0.2, -0.15) is 5.10 Å². The first-order valence-electron chi connectivity index (χ1n) is 9.96. The summed E-state index contributed by atoms with van der Waals surface area (Å²) in [5, 5.41) is 7.05. The Balaban J connectivity index is 1.52. The first kappa shape index (κ1) is 20.1. The minimum atomic E-state index is -0.362. The van der Waals surface area contributed by atoms with Crippen molar-refractivity contribution in [2.24, 2.45) is 24.3 Å². The summed E-state index contributed by atoms with van der Waals surface area (Å²) in [5.74, 6) is -0.0848. The van der Waals surface area contributed by atoms with Gasteiger partial charge in [0.1, 0.15) is 17.3 Å². The molecule has 0 saturated heterocycles. The molecule has 6 nitrogen and oxygen atoms in total. The zero-order valence-corrected chi connectivity index (χ0v) is 17.0. The maximum absolute atomic E-state index is 13.1. The van der Waals surface area contributed by atoms with Crippen LogP contribution >= 0.6 is 0 Å². The Morgan fingerprint density at radius 3 is 2.80 bits per heavy atom. The third-order valence-corrected chi connectivity index (χ3v) is 5.99. The molecule has 1 heterocycles. The van der Waals surface area contributed by atoms with Crippen LogP contribution in [0.4, 0.5) is 10.1 Å². The molecule has 4 rings (SSSR count). The quantitative estimate of drug-likeness (QED) is 0.794. The number of carbonyl (C=O) groups excluding carboxylic acids is 1. The summed E-state index contributed by atoms with van der Waals surface area (Å²) in [7, 11) is 1.59. The van der Waals surface area contributed by atoms with Gasteiger partial charge in [0.25, 0.3) is 5.56 Å². The van der Waals surface area contributed by atoms with Crippen LogP contribution in [0.25, 0.3) is 0 Å². The number of aromatic nitrogens is 2. The molecule has 1 aromatic carbocycles. The number of carbonyl (C=O) groups is 1. The third-order valence-electron chi connectivity index (χ3n) is 5.99. The largest absolute Gasteiger partial charge is 0.491 e. The number of rotatable bonds is 6. The smallest absolute Gasteiger partial charge is 0.270 e. The molecule has 30 heavy (non-hydrogen) atoms. The number of hydrogen-bond donors (Lipinski definition) is 1. The predicted molar refractivity (Wildman–Crippen MR) is 112 cm³/mol. The number of allylic oxidation sites excluding steroid dienone is 4. The average Bonchev–Trinajstić information content (AvgIpc) is 3.48. The van der Waals surface area contributed by atoms with E-state index in [0.29, 0.717) is 30.2 Å². The van der Waals surface area contributed by atoms with Crippen LogP contribution in [-0.2, 0) is 11.8 Å². The Bertz CT molecular complexity index is 1070. The molecule has 1 N–H and O–H groups in total. The molecule has 1 unspecified atom stereocenters. The lowest BCUT2D eigenvalue weighted by Crippen LogP contribution is -2.30. The highest BCUT2D eigenvalue weighted by atomic mass is 19.1. The van der Waals surface area contributed by atoms with Crippen molar-refractivity contribution < 1.29 is 13.9 Å². The highest BCUT2D eigenvalue weighted by Crippen LogP contribution is 2.60. The average molecular weight is 409 g/mol. The second-order valence-corrected chi connectivity index (χ2v) is 7.99. The Morgan fingerprint density at radius 2 is 2.10 bits per heavy atom. The van der Waals surface area contributed by atoms with Crippen molar-refractivity contribution in [1.29, 1.82) is 0 Å². The van der Waals surface area contributed by atoms with Gasteiger partial charge in [0.15, 0.2) is 0 Å². The number of anilines is 1. The van der Waals surface area contributed by atoms with Crippen LogP contribution in [0.2, 0.25) is 0 Å². The second kappa shape index (κ2) is 7.89. The first-order valence-corrected chi connectivity index (χ1v) is 9.96. The van der Waals surface area contributed by atoms with Crippen molar-refractivity contribution in [3.05, 3.63) is 76.5 Å². The lowest BCUT2D eigenvalue weighted by molar-refractivity contribution is -0.118. The number of aryl methyl sites for hydroxylation is 2. The van der Waals surface area contributed by atoms with Gasteiger partial charge < -0.3 is 10.1 Å². The van der Waals surface area contributed by atoms with E-state index in [2.05, 4.69) is 22.6 Å². The Morgan fingerprint density at radius 1 is 1.33 bits per heavy atom. The molecule has 1 amide bonds. The molecule has 0 bridgehead atoms. The summed E-state index contributed by atoms with van der Waals surface area (Å²) in [6.45, 7) is 2.10. The van der Waals surface area contributed by atoms with E-state index in [1.165, 1.54) is 22.9 Å². The highest BCUT2D eigenvalue weighted by Gasteiger charge is 2.62. The summed E-state index contributed by atoms with van der Waals surface area (Å²) in [6.07, 6.45) is 9.70. The van der Waals surface area contributed by atoms with E-state index in [4.69, 9.17) is 4.74 Å². The molecular weight excluding hydrogens is 385 g/mol. The molecule has 2 aliphatic carbocycles. The van der Waals surface area contributed by atoms with Crippen LogP contribution in [-0.4, -0.2) is 22.3 Å². The van der Waals surface area contributed by atoms with Crippen LogP contribution < -0.4 is 15.6 Å². The van der Waals surface area contributed by atoms with Crippen molar-refractivity contribution in [1.82, 2.24) is 9.78 Å². The van der Waals surface area contributed by atoms with Gasteiger partial charge in [-0.15, -0.1) is 0 Å². The zero-order chi connectivity index (χ0) is 21.3. The molecule has 1 fully saturated rings. The van der Waals surface area contributed by atoms with Gasteiger partial charge in [-0.3, -0.25) is 9.59 Å². The van der Waals surface area contributed by atoms with Gasteiger partial charge in [0, 0.05) is 30.1 Å². The van der Waals surface area contributed by atoms with Gasteiger partial charge in [-0.1, -0.05) is 24.3 Å². The fourth-order valence-electron chi connectivity index (χ4n) is 4.11. The molecule has 2 aromatic rings. The topological polar surface area (TPSA) is 73.2 Å². The summed E-state index contributed by atoms with van der Waals surface area (Å²) in [6, 6.07) is 7.17. The molecule has 0 radical (unpaired) electrons. The van der Waals surface area contributed by atoms with Crippen molar-refractivity contribution >= 4 is 11.6 Å². The monoisotopic (exact) mass is 409 g/mol. The highest BCUT2D eigenvalue weighted by molar-refractivity contribution is 5.95. The Hall–Kier alpha value is -3.22. The summed E-state index contributed by atoms with van der Waals surface area (Å²) in [4.78, 5) is 24.9. The number of ether oxygens (including phenoxy) is 1. The van der Waals surface area contributed by atoms with E-state index < -0.39 is 0 Å². The molecule has 2 aliphatic rings. The van der Waals surface area contributed by atoms with E-state index in [-0.39, 0.29) is 34.5 Å². The molecule has 0 aliphatic heterocycles. The van der Waals surface area contributed by atoms with Crippen molar-refractivity contribution in [3.63, 3.8) is 0 Å². The third kappa shape index (κ3) is 3.92. The van der Waals surface area contributed by atoms with Gasteiger partial charge in [-0.25, -0.2) is 9.07 Å². The maximum atomic E-state index is 13.1. The maximum Gasteiger partial charge on any atom is 0.270 e. The molecule has 0 spiro atoms. The molecule has 3 atom stereocenters. The number of nitrogens with zero attached hydrogens (tertiary/aromatic N) is 2. The summed E-state index contributed by atoms with van der Waals surface area (Å²) in [5.41, 5.74) is 0.582. The van der Waals surface area contributed by atoms with E-state index >= 15 is 0 Å². The van der Waals surface area contributed by atoms with E-state index in [1.807, 2.05) is 12.2 Å². The van der Waals surface area contributed by atoms with E-state index in [9.17, 15) is 14.0 Å². The van der Waals surface area contributed by atoms with Crippen LogP contribution in [0, 0.1) is 30.0 Å². The van der Waals surface area contributed by atoms with Gasteiger partial charge in [0.2, 0.25) is 5.91 Å². The first-order chi connectivity index (χ1) is 14.4. The fraction of sp³-hybridized carbons (Fsp3) is 0.348. The Kier molecular flexibility index (Phi) is 5.28. The van der Waals surface area contributed by atoms with Crippen LogP contribution in [0.1, 0.15) is 18.5 Å². The number of benzene rings is 1. The molecule has 1 aromatic heterocycles. The Labute approximate surface area is 174 Å². The number of amides is 1. The molecule has 156 valence electrons. The number of hydrogen-bond acceptors (Lipinski definition) is 4. The predicted octanol–water partition coefficient (Wildman–Crippen LogP) is 3.38. The summed E-state index contributed by atoms with van der Waals surface area (Å²) < 4.78 is 20.4. The standard InChI is InChI=1S/C23H24FN3O3/c1-15-20(12-21(28)27(2)26-15)30-14-23(16-6-4-3-5-7-16)13-19(23)22(29)25-18-10-8-17(24)9-11-18/h3-6,8-12,16,19H,7,13-14H2,1-2H3,(H,25,29)/t16?,19-,23+/m0/s1. The van der Waals surface area contributed by atoms with Crippen molar-refractivity contribution in [3.8, 4) is 5.75 Å². The summed E-state index contributed by atoms with van der Waals surface area (Å²) >= 11 is 0. The van der Waals surface area contributed by atoms with E-state index in [1.54, 1.807) is 26.1 Å². The minimum Gasteiger partial charge on any atom is -0.491 e. The van der Waals surface area contributed by atoms with E-state index in [0.717, 1.165) is 6.42 Å².